The minimum Gasteiger partial charge on any atom is -0.490 e. The predicted molar refractivity (Wildman–Crippen MR) is 108 cm³/mol. The van der Waals surface area contributed by atoms with Crippen molar-refractivity contribution >= 4 is 46.3 Å². The number of hydrogen-bond acceptors (Lipinski definition) is 4. The smallest absolute Gasteiger partial charge is 0.271 e. The van der Waals surface area contributed by atoms with Gasteiger partial charge in [0.1, 0.15) is 0 Å². The lowest BCUT2D eigenvalue weighted by atomic mass is 10.2. The van der Waals surface area contributed by atoms with Crippen molar-refractivity contribution in [2.24, 2.45) is 5.10 Å². The van der Waals surface area contributed by atoms with Crippen molar-refractivity contribution in [2.75, 3.05) is 13.2 Å². The first-order valence-electron chi connectivity index (χ1n) is 7.73. The van der Waals surface area contributed by atoms with Crippen LogP contribution >= 0.6 is 34.2 Å². The summed E-state index contributed by atoms with van der Waals surface area (Å²) in [7, 11) is 0. The first kappa shape index (κ1) is 19.5. The lowest BCUT2D eigenvalue weighted by Crippen LogP contribution is -2.17. The molecule has 0 aliphatic carbocycles. The Morgan fingerprint density at radius 3 is 2.52 bits per heavy atom. The minimum atomic E-state index is -0.307. The van der Waals surface area contributed by atoms with Crippen LogP contribution in [0.15, 0.2) is 41.5 Å². The van der Waals surface area contributed by atoms with Crippen molar-refractivity contribution in [3.63, 3.8) is 0 Å². The van der Waals surface area contributed by atoms with Crippen molar-refractivity contribution < 1.29 is 14.3 Å². The topological polar surface area (TPSA) is 59.9 Å². The Hall–Kier alpha value is -1.80. The van der Waals surface area contributed by atoms with E-state index in [-0.39, 0.29) is 5.91 Å². The molecule has 0 unspecified atom stereocenters. The molecule has 0 spiro atoms. The number of carbonyl (C=O) groups excluding carboxylic acids is 1. The third-order valence-electron chi connectivity index (χ3n) is 3.11. The van der Waals surface area contributed by atoms with Crippen LogP contribution in [0.1, 0.15) is 29.8 Å². The largest absolute Gasteiger partial charge is 0.490 e. The van der Waals surface area contributed by atoms with E-state index in [4.69, 9.17) is 21.1 Å². The molecule has 0 saturated heterocycles. The molecule has 7 heteroatoms. The number of hydrogen-bond donors (Lipinski definition) is 1. The van der Waals surface area contributed by atoms with Gasteiger partial charge in [-0.25, -0.2) is 5.43 Å². The first-order chi connectivity index (χ1) is 12.0. The quantitative estimate of drug-likeness (QED) is 0.367. The highest BCUT2D eigenvalue weighted by Gasteiger charge is 2.11. The molecule has 1 N–H and O–H groups in total. The summed E-state index contributed by atoms with van der Waals surface area (Å²) in [6.07, 6.45) is 1.56. The second-order valence-corrected chi connectivity index (χ2v) is 6.50. The van der Waals surface area contributed by atoms with Crippen molar-refractivity contribution in [1.29, 1.82) is 0 Å². The van der Waals surface area contributed by atoms with Gasteiger partial charge in [-0.3, -0.25) is 4.79 Å². The maximum atomic E-state index is 12.0. The normalized spacial score (nSPS) is 10.7. The van der Waals surface area contributed by atoms with Crippen LogP contribution in [-0.2, 0) is 0 Å². The predicted octanol–water partition coefficient (Wildman–Crippen LogP) is 4.51. The van der Waals surface area contributed by atoms with Crippen LogP contribution in [0.5, 0.6) is 11.5 Å². The Labute approximate surface area is 165 Å². The number of benzene rings is 2. The summed E-state index contributed by atoms with van der Waals surface area (Å²) in [5.41, 5.74) is 3.77. The van der Waals surface area contributed by atoms with Crippen molar-refractivity contribution in [2.45, 2.75) is 13.8 Å². The molecule has 25 heavy (non-hydrogen) atoms. The second kappa shape index (κ2) is 9.62. The molecule has 0 aliphatic heterocycles. The summed E-state index contributed by atoms with van der Waals surface area (Å²) in [4.78, 5) is 12.0. The Bertz CT molecular complexity index is 764. The van der Waals surface area contributed by atoms with Gasteiger partial charge < -0.3 is 9.47 Å². The fourth-order valence-corrected chi connectivity index (χ4v) is 2.95. The lowest BCUT2D eigenvalue weighted by Gasteiger charge is -2.13. The van der Waals surface area contributed by atoms with E-state index in [0.717, 1.165) is 9.13 Å². The molecule has 132 valence electrons. The van der Waals surface area contributed by atoms with Gasteiger partial charge in [0.2, 0.25) is 0 Å². The second-order valence-electron chi connectivity index (χ2n) is 4.90. The highest BCUT2D eigenvalue weighted by molar-refractivity contribution is 14.1. The highest BCUT2D eigenvalue weighted by atomic mass is 127. The summed E-state index contributed by atoms with van der Waals surface area (Å²) < 4.78 is 12.2. The van der Waals surface area contributed by atoms with Crippen LogP contribution in [0.25, 0.3) is 0 Å². The lowest BCUT2D eigenvalue weighted by molar-refractivity contribution is 0.0955. The molecule has 2 aromatic carbocycles. The Morgan fingerprint density at radius 1 is 1.20 bits per heavy atom. The molecule has 2 rings (SSSR count). The molecule has 0 radical (unpaired) electrons. The van der Waals surface area contributed by atoms with Gasteiger partial charge in [-0.2, -0.15) is 5.10 Å². The number of rotatable bonds is 7. The molecule has 0 atom stereocenters. The average Bonchev–Trinajstić information content (AvgIpc) is 2.59. The van der Waals surface area contributed by atoms with Crippen LogP contribution in [-0.4, -0.2) is 25.3 Å². The van der Waals surface area contributed by atoms with E-state index in [1.54, 1.807) is 30.5 Å². The van der Waals surface area contributed by atoms with Gasteiger partial charge in [0.05, 0.1) is 23.0 Å². The number of nitrogens with zero attached hydrogens (tertiary/aromatic N) is 1. The fourth-order valence-electron chi connectivity index (χ4n) is 2.04. The van der Waals surface area contributed by atoms with E-state index in [0.29, 0.717) is 35.3 Å². The minimum absolute atomic E-state index is 0.307. The van der Waals surface area contributed by atoms with Crippen molar-refractivity contribution in [3.05, 3.63) is 56.1 Å². The van der Waals surface area contributed by atoms with Gasteiger partial charge in [-0.05, 0) is 78.4 Å². The summed E-state index contributed by atoms with van der Waals surface area (Å²) in [5.74, 6) is 1.06. The molecule has 1 amide bonds. The molecular formula is C18H18ClIN2O3. The van der Waals surface area contributed by atoms with Crippen molar-refractivity contribution in [3.8, 4) is 11.5 Å². The van der Waals surface area contributed by atoms with Gasteiger partial charge in [0.15, 0.2) is 11.5 Å². The van der Waals surface area contributed by atoms with E-state index in [2.05, 4.69) is 33.1 Å². The van der Waals surface area contributed by atoms with E-state index < -0.39 is 0 Å². The van der Waals surface area contributed by atoms with Gasteiger partial charge in [0.25, 0.3) is 5.91 Å². The summed E-state index contributed by atoms with van der Waals surface area (Å²) in [6, 6.07) is 10.3. The highest BCUT2D eigenvalue weighted by Crippen LogP contribution is 2.33. The Morgan fingerprint density at radius 2 is 1.88 bits per heavy atom. The molecule has 5 nitrogen and oxygen atoms in total. The number of hydrazone groups is 1. The Kier molecular flexibility index (Phi) is 7.52. The number of amides is 1. The summed E-state index contributed by atoms with van der Waals surface area (Å²) in [6.45, 7) is 4.92. The number of nitrogens with one attached hydrogen (secondary N) is 1. The van der Waals surface area contributed by atoms with Crippen molar-refractivity contribution in [1.82, 2.24) is 5.43 Å². The maximum Gasteiger partial charge on any atom is 0.271 e. The summed E-state index contributed by atoms with van der Waals surface area (Å²) in [5, 5.41) is 4.58. The molecule has 0 heterocycles. The standard InChI is InChI=1S/C18H18ClIN2O3/c1-3-24-16-10-12(9-15(20)17(16)25-4-2)11-21-22-18(23)13-5-7-14(19)8-6-13/h5-11H,3-4H2,1-2H3,(H,22,23)/b21-11+. The van der Waals surface area contributed by atoms with Gasteiger partial charge >= 0.3 is 0 Å². The van der Waals surface area contributed by atoms with E-state index in [1.807, 2.05) is 26.0 Å². The third kappa shape index (κ3) is 5.61. The monoisotopic (exact) mass is 472 g/mol. The van der Waals surface area contributed by atoms with Crippen LogP contribution in [0.4, 0.5) is 0 Å². The van der Waals surface area contributed by atoms with E-state index in [9.17, 15) is 4.79 Å². The van der Waals surface area contributed by atoms with Crippen LogP contribution in [0.2, 0.25) is 5.02 Å². The number of halogens is 2. The number of ether oxygens (including phenoxy) is 2. The zero-order valence-corrected chi connectivity index (χ0v) is 16.8. The van der Waals surface area contributed by atoms with E-state index >= 15 is 0 Å². The number of carbonyl (C=O) groups is 1. The Balaban J connectivity index is 2.12. The third-order valence-corrected chi connectivity index (χ3v) is 4.16. The van der Waals surface area contributed by atoms with Gasteiger partial charge in [0, 0.05) is 10.6 Å². The van der Waals surface area contributed by atoms with E-state index in [1.165, 1.54) is 0 Å². The molecule has 2 aromatic rings. The van der Waals surface area contributed by atoms with Crippen LogP contribution in [0.3, 0.4) is 0 Å². The average molecular weight is 473 g/mol. The molecule has 0 aromatic heterocycles. The van der Waals surface area contributed by atoms with Gasteiger partial charge in [-0.15, -0.1) is 0 Å². The molecule has 0 fully saturated rings. The molecule has 0 aliphatic rings. The zero-order chi connectivity index (χ0) is 18.2. The zero-order valence-electron chi connectivity index (χ0n) is 13.9. The van der Waals surface area contributed by atoms with Crippen LogP contribution in [0, 0.1) is 3.57 Å². The molecule has 0 bridgehead atoms. The fraction of sp³-hybridized carbons (Fsp3) is 0.222. The molecular weight excluding hydrogens is 455 g/mol. The molecule has 0 saturated carbocycles. The summed E-state index contributed by atoms with van der Waals surface area (Å²) >= 11 is 7.99. The van der Waals surface area contributed by atoms with Gasteiger partial charge in [-0.1, -0.05) is 11.6 Å². The SMILES string of the molecule is CCOc1cc(/C=N/NC(=O)c2ccc(Cl)cc2)cc(I)c1OCC. The first-order valence-corrected chi connectivity index (χ1v) is 9.19. The van der Waals surface area contributed by atoms with Crippen LogP contribution < -0.4 is 14.9 Å². The maximum absolute atomic E-state index is 12.0.